The molecule has 0 atom stereocenters. The van der Waals surface area contributed by atoms with Gasteiger partial charge in [0, 0.05) is 38.5 Å². The summed E-state index contributed by atoms with van der Waals surface area (Å²) >= 11 is 5.86. The molecule has 1 saturated heterocycles. The Morgan fingerprint density at radius 2 is 1.93 bits per heavy atom. The van der Waals surface area contributed by atoms with E-state index in [1.807, 2.05) is 6.07 Å². The van der Waals surface area contributed by atoms with Crippen molar-refractivity contribution < 1.29 is 23.0 Å². The smallest absolute Gasteiger partial charge is 0.387 e. The van der Waals surface area contributed by atoms with Gasteiger partial charge in [-0.3, -0.25) is 4.79 Å². The third-order valence-corrected chi connectivity index (χ3v) is 4.67. The summed E-state index contributed by atoms with van der Waals surface area (Å²) in [6.07, 6.45) is 4.67. The Balaban J connectivity index is 1.58. The van der Waals surface area contributed by atoms with Gasteiger partial charge in [-0.1, -0.05) is 17.7 Å². The predicted molar refractivity (Wildman–Crippen MR) is 107 cm³/mol. The summed E-state index contributed by atoms with van der Waals surface area (Å²) in [6.45, 7) is -0.465. The SMILES string of the molecule is COc1cc(/C=C/C(=O)N2CCN(c3ccc(Cl)cn3)CC2)ccc1OC(F)F. The topological polar surface area (TPSA) is 54.9 Å². The number of alkyl halides is 2. The molecule has 0 unspecified atom stereocenters. The molecule has 0 spiro atoms. The average Bonchev–Trinajstić information content (AvgIpc) is 2.73. The molecule has 1 aliphatic heterocycles. The lowest BCUT2D eigenvalue weighted by molar-refractivity contribution is -0.126. The number of methoxy groups -OCH3 is 1. The molecule has 1 aromatic carbocycles. The van der Waals surface area contributed by atoms with E-state index in [0.717, 1.165) is 5.82 Å². The van der Waals surface area contributed by atoms with Gasteiger partial charge in [0.15, 0.2) is 11.5 Å². The van der Waals surface area contributed by atoms with Crippen molar-refractivity contribution in [3.05, 3.63) is 53.2 Å². The molecular weight excluding hydrogens is 404 g/mol. The molecule has 0 N–H and O–H groups in total. The van der Waals surface area contributed by atoms with E-state index in [4.69, 9.17) is 16.3 Å². The normalized spacial score (nSPS) is 14.5. The van der Waals surface area contributed by atoms with Gasteiger partial charge in [-0.25, -0.2) is 4.98 Å². The van der Waals surface area contributed by atoms with E-state index < -0.39 is 6.61 Å². The van der Waals surface area contributed by atoms with Crippen LogP contribution in [0.4, 0.5) is 14.6 Å². The van der Waals surface area contributed by atoms with Crippen molar-refractivity contribution in [1.29, 1.82) is 0 Å². The van der Waals surface area contributed by atoms with E-state index in [2.05, 4.69) is 14.6 Å². The Morgan fingerprint density at radius 1 is 1.17 bits per heavy atom. The third kappa shape index (κ3) is 5.57. The monoisotopic (exact) mass is 423 g/mol. The summed E-state index contributed by atoms with van der Waals surface area (Å²) < 4.78 is 34.2. The fourth-order valence-corrected chi connectivity index (χ4v) is 3.08. The van der Waals surface area contributed by atoms with Gasteiger partial charge in [0.2, 0.25) is 5.91 Å². The van der Waals surface area contributed by atoms with E-state index in [1.165, 1.54) is 25.3 Å². The first-order chi connectivity index (χ1) is 14.0. The van der Waals surface area contributed by atoms with Crippen molar-refractivity contribution in [2.75, 3.05) is 38.2 Å². The molecular formula is C20H20ClF2N3O3. The number of nitrogens with zero attached hydrogens (tertiary/aromatic N) is 3. The van der Waals surface area contributed by atoms with Crippen LogP contribution in [0.5, 0.6) is 11.5 Å². The Morgan fingerprint density at radius 3 is 2.55 bits per heavy atom. The van der Waals surface area contributed by atoms with Gasteiger partial charge in [-0.2, -0.15) is 8.78 Å². The van der Waals surface area contributed by atoms with E-state index in [9.17, 15) is 13.6 Å². The van der Waals surface area contributed by atoms with E-state index in [-0.39, 0.29) is 17.4 Å². The van der Waals surface area contributed by atoms with E-state index in [0.29, 0.717) is 36.8 Å². The van der Waals surface area contributed by atoms with Crippen molar-refractivity contribution in [2.45, 2.75) is 6.61 Å². The number of hydrogen-bond donors (Lipinski definition) is 0. The molecule has 154 valence electrons. The van der Waals surface area contributed by atoms with Gasteiger partial charge >= 0.3 is 6.61 Å². The summed E-state index contributed by atoms with van der Waals surface area (Å²) in [6, 6.07) is 8.14. The summed E-state index contributed by atoms with van der Waals surface area (Å²) in [5.41, 5.74) is 0.640. The number of amides is 1. The molecule has 3 rings (SSSR count). The standard InChI is InChI=1S/C20H20ClF2N3O3/c1-28-17-12-14(2-5-16(17)29-20(22)23)3-7-19(27)26-10-8-25(9-11-26)18-6-4-15(21)13-24-18/h2-7,12-13,20H,8-11H2,1H3/b7-3+. The number of carbonyl (C=O) groups excluding carboxylic acids is 1. The largest absolute Gasteiger partial charge is 0.493 e. The fourth-order valence-electron chi connectivity index (χ4n) is 2.97. The summed E-state index contributed by atoms with van der Waals surface area (Å²) in [7, 11) is 1.36. The molecule has 0 radical (unpaired) electrons. The Labute approximate surface area is 172 Å². The minimum absolute atomic E-state index is 0.0575. The highest BCUT2D eigenvalue weighted by Gasteiger charge is 2.20. The van der Waals surface area contributed by atoms with Gasteiger partial charge in [0.25, 0.3) is 0 Å². The number of hydrogen-bond acceptors (Lipinski definition) is 5. The van der Waals surface area contributed by atoms with Crippen LogP contribution in [0, 0.1) is 0 Å². The number of pyridine rings is 1. The van der Waals surface area contributed by atoms with Crippen molar-refractivity contribution >= 4 is 29.4 Å². The zero-order chi connectivity index (χ0) is 20.8. The molecule has 1 aliphatic rings. The number of benzene rings is 1. The molecule has 0 bridgehead atoms. The Kier molecular flexibility index (Phi) is 6.87. The zero-order valence-corrected chi connectivity index (χ0v) is 16.5. The van der Waals surface area contributed by atoms with E-state index >= 15 is 0 Å². The lowest BCUT2D eigenvalue weighted by Crippen LogP contribution is -2.48. The number of piperazine rings is 1. The number of aromatic nitrogens is 1. The van der Waals surface area contributed by atoms with Gasteiger partial charge < -0.3 is 19.3 Å². The molecule has 1 amide bonds. The molecule has 2 aromatic rings. The first-order valence-corrected chi connectivity index (χ1v) is 9.30. The molecule has 9 heteroatoms. The highest BCUT2D eigenvalue weighted by Crippen LogP contribution is 2.29. The summed E-state index contributed by atoms with van der Waals surface area (Å²) in [5.74, 6) is 0.817. The Hall–Kier alpha value is -2.87. The van der Waals surface area contributed by atoms with Crippen LogP contribution in [-0.4, -0.2) is 55.7 Å². The van der Waals surface area contributed by atoms with Crippen LogP contribution in [0.3, 0.4) is 0 Å². The molecule has 29 heavy (non-hydrogen) atoms. The van der Waals surface area contributed by atoms with E-state index in [1.54, 1.807) is 29.3 Å². The zero-order valence-electron chi connectivity index (χ0n) is 15.7. The number of ether oxygens (including phenoxy) is 2. The minimum atomic E-state index is -2.94. The highest BCUT2D eigenvalue weighted by molar-refractivity contribution is 6.30. The van der Waals surface area contributed by atoms with Crippen molar-refractivity contribution in [3.8, 4) is 11.5 Å². The lowest BCUT2D eigenvalue weighted by atomic mass is 10.2. The quantitative estimate of drug-likeness (QED) is 0.663. The van der Waals surface area contributed by atoms with Crippen LogP contribution < -0.4 is 14.4 Å². The molecule has 2 heterocycles. The summed E-state index contributed by atoms with van der Waals surface area (Å²) in [5, 5.41) is 0.582. The van der Waals surface area contributed by atoms with Crippen LogP contribution in [0.1, 0.15) is 5.56 Å². The fraction of sp³-hybridized carbons (Fsp3) is 0.300. The van der Waals surface area contributed by atoms with Crippen LogP contribution in [-0.2, 0) is 4.79 Å². The summed E-state index contributed by atoms with van der Waals surface area (Å²) in [4.78, 5) is 20.6. The maximum Gasteiger partial charge on any atom is 0.387 e. The number of halogens is 3. The molecule has 0 aliphatic carbocycles. The second-order valence-corrected chi connectivity index (χ2v) is 6.71. The molecule has 0 saturated carbocycles. The molecule has 1 fully saturated rings. The number of carbonyl (C=O) groups is 1. The Bertz CT molecular complexity index is 870. The van der Waals surface area contributed by atoms with Crippen LogP contribution >= 0.6 is 11.6 Å². The van der Waals surface area contributed by atoms with Crippen LogP contribution in [0.25, 0.3) is 6.08 Å². The maximum absolute atomic E-state index is 12.5. The molecule has 1 aromatic heterocycles. The first kappa shape index (κ1) is 20.9. The van der Waals surface area contributed by atoms with Gasteiger partial charge in [0.05, 0.1) is 12.1 Å². The maximum atomic E-state index is 12.5. The van der Waals surface area contributed by atoms with Crippen LogP contribution in [0.15, 0.2) is 42.6 Å². The van der Waals surface area contributed by atoms with Crippen molar-refractivity contribution in [1.82, 2.24) is 9.88 Å². The van der Waals surface area contributed by atoms with Gasteiger partial charge in [0.1, 0.15) is 5.82 Å². The average molecular weight is 424 g/mol. The number of rotatable bonds is 6. The van der Waals surface area contributed by atoms with Crippen molar-refractivity contribution in [2.24, 2.45) is 0 Å². The van der Waals surface area contributed by atoms with Crippen molar-refractivity contribution in [3.63, 3.8) is 0 Å². The second-order valence-electron chi connectivity index (χ2n) is 6.27. The minimum Gasteiger partial charge on any atom is -0.493 e. The van der Waals surface area contributed by atoms with Gasteiger partial charge in [-0.05, 0) is 35.9 Å². The first-order valence-electron chi connectivity index (χ1n) is 8.92. The third-order valence-electron chi connectivity index (χ3n) is 4.45. The second kappa shape index (κ2) is 9.56. The number of anilines is 1. The molecule has 6 nitrogen and oxygen atoms in total. The lowest BCUT2D eigenvalue weighted by Gasteiger charge is -2.34. The predicted octanol–water partition coefficient (Wildman–Crippen LogP) is 3.71. The highest BCUT2D eigenvalue weighted by atomic mass is 35.5. The van der Waals surface area contributed by atoms with Crippen LogP contribution in [0.2, 0.25) is 5.02 Å². The van der Waals surface area contributed by atoms with Gasteiger partial charge in [-0.15, -0.1) is 0 Å².